The van der Waals surface area contributed by atoms with Gasteiger partial charge in [-0.15, -0.1) is 21.5 Å². The first-order valence-corrected chi connectivity index (χ1v) is 10.8. The van der Waals surface area contributed by atoms with Crippen LogP contribution in [0.2, 0.25) is 0 Å². The number of aryl methyl sites for hydroxylation is 1. The Morgan fingerprint density at radius 1 is 1.25 bits per heavy atom. The molecule has 0 spiro atoms. The number of rotatable bonds is 7. The molecular formula is C19H20N6OS2. The maximum atomic E-state index is 12.1. The van der Waals surface area contributed by atoms with Gasteiger partial charge in [-0.05, 0) is 18.9 Å². The molecular weight excluding hydrogens is 392 g/mol. The van der Waals surface area contributed by atoms with Gasteiger partial charge in [-0.25, -0.2) is 4.98 Å². The van der Waals surface area contributed by atoms with E-state index in [-0.39, 0.29) is 5.91 Å². The molecule has 1 aromatic carbocycles. The monoisotopic (exact) mass is 412 g/mol. The lowest BCUT2D eigenvalue weighted by atomic mass is 10.1. The Balaban J connectivity index is 1.36. The summed E-state index contributed by atoms with van der Waals surface area (Å²) >= 11 is 2.97. The lowest BCUT2D eigenvalue weighted by Crippen LogP contribution is -2.27. The number of aromatic nitrogens is 5. The molecule has 0 saturated carbocycles. The molecule has 0 atom stereocenters. The number of nitrogens with one attached hydrogen (secondary N) is 1. The van der Waals surface area contributed by atoms with E-state index in [4.69, 9.17) is 0 Å². The number of carbonyl (C=O) groups is 1. The minimum atomic E-state index is -0.00811. The molecule has 0 aliphatic carbocycles. The fourth-order valence-electron chi connectivity index (χ4n) is 2.98. The van der Waals surface area contributed by atoms with Crippen molar-refractivity contribution in [2.24, 2.45) is 7.05 Å². The van der Waals surface area contributed by atoms with E-state index in [0.29, 0.717) is 17.5 Å². The number of hydrogen-bond donors (Lipinski definition) is 1. The number of thioether (sulfide) groups is 1. The number of carbonyl (C=O) groups excluding carboxylic acids is 1. The van der Waals surface area contributed by atoms with Crippen molar-refractivity contribution in [1.82, 2.24) is 29.5 Å². The van der Waals surface area contributed by atoms with Crippen LogP contribution < -0.4 is 5.32 Å². The van der Waals surface area contributed by atoms with Crippen LogP contribution in [0, 0.1) is 6.92 Å². The highest BCUT2D eigenvalue weighted by atomic mass is 32.2. The summed E-state index contributed by atoms with van der Waals surface area (Å²) in [5.41, 5.74) is 3.06. The maximum Gasteiger partial charge on any atom is 0.230 e. The number of imidazole rings is 1. The van der Waals surface area contributed by atoms with Crippen LogP contribution in [0.15, 0.2) is 47.1 Å². The molecule has 9 heteroatoms. The summed E-state index contributed by atoms with van der Waals surface area (Å²) in [6.45, 7) is 2.59. The number of hydrogen-bond acceptors (Lipinski definition) is 6. The van der Waals surface area contributed by atoms with Gasteiger partial charge in [0.1, 0.15) is 5.69 Å². The summed E-state index contributed by atoms with van der Waals surface area (Å²) in [5.74, 6) is 1.04. The molecule has 0 bridgehead atoms. The van der Waals surface area contributed by atoms with Crippen molar-refractivity contribution < 1.29 is 4.79 Å². The van der Waals surface area contributed by atoms with E-state index in [1.807, 2.05) is 52.7 Å². The lowest BCUT2D eigenvalue weighted by molar-refractivity contribution is -0.118. The molecule has 1 amide bonds. The van der Waals surface area contributed by atoms with Crippen molar-refractivity contribution in [1.29, 1.82) is 0 Å². The van der Waals surface area contributed by atoms with E-state index in [9.17, 15) is 4.79 Å². The summed E-state index contributed by atoms with van der Waals surface area (Å²) in [4.78, 5) is 17.6. The fraction of sp³-hybridized carbons (Fsp3) is 0.263. The highest BCUT2D eigenvalue weighted by Crippen LogP contribution is 2.27. The van der Waals surface area contributed by atoms with Crippen LogP contribution in [0.25, 0.3) is 16.5 Å². The van der Waals surface area contributed by atoms with Crippen molar-refractivity contribution in [2.45, 2.75) is 18.5 Å². The molecule has 4 rings (SSSR count). The largest absolute Gasteiger partial charge is 0.355 e. The number of thiazole rings is 1. The molecule has 4 aromatic rings. The molecule has 0 saturated heterocycles. The molecule has 0 aliphatic heterocycles. The van der Waals surface area contributed by atoms with Crippen LogP contribution in [0.1, 0.15) is 11.3 Å². The Hall–Kier alpha value is -2.65. The third-order valence-electron chi connectivity index (χ3n) is 4.39. The average molecular weight is 413 g/mol. The van der Waals surface area contributed by atoms with Crippen molar-refractivity contribution in [3.05, 3.63) is 53.2 Å². The number of amides is 1. The highest BCUT2D eigenvalue weighted by molar-refractivity contribution is 7.99. The molecule has 3 heterocycles. The SMILES string of the molecule is Cc1nc2sccn2c1-c1nnc(SCC(=O)NCCc2ccccc2)n1C. The number of nitrogens with zero attached hydrogens (tertiary/aromatic N) is 5. The fourth-order valence-corrected chi connectivity index (χ4v) is 4.48. The Morgan fingerprint density at radius 2 is 2.07 bits per heavy atom. The minimum absolute atomic E-state index is 0.00811. The zero-order valence-electron chi connectivity index (χ0n) is 15.6. The van der Waals surface area contributed by atoms with Crippen LogP contribution in [0.5, 0.6) is 0 Å². The van der Waals surface area contributed by atoms with Crippen LogP contribution in [0.3, 0.4) is 0 Å². The van der Waals surface area contributed by atoms with Crippen molar-refractivity contribution in [3.8, 4) is 11.5 Å². The summed E-state index contributed by atoms with van der Waals surface area (Å²) in [6.07, 6.45) is 2.81. The molecule has 0 fully saturated rings. The highest BCUT2D eigenvalue weighted by Gasteiger charge is 2.19. The zero-order valence-corrected chi connectivity index (χ0v) is 17.3. The van der Waals surface area contributed by atoms with E-state index < -0.39 is 0 Å². The van der Waals surface area contributed by atoms with E-state index in [0.717, 1.165) is 28.6 Å². The van der Waals surface area contributed by atoms with Crippen molar-refractivity contribution in [2.75, 3.05) is 12.3 Å². The molecule has 3 aromatic heterocycles. The topological polar surface area (TPSA) is 77.1 Å². The van der Waals surface area contributed by atoms with Gasteiger partial charge in [-0.1, -0.05) is 42.1 Å². The molecule has 0 unspecified atom stereocenters. The van der Waals surface area contributed by atoms with Gasteiger partial charge in [0, 0.05) is 25.2 Å². The van der Waals surface area contributed by atoms with Gasteiger partial charge < -0.3 is 9.88 Å². The third-order valence-corrected chi connectivity index (χ3v) is 6.17. The van der Waals surface area contributed by atoms with E-state index in [2.05, 4.69) is 32.6 Å². The third kappa shape index (κ3) is 3.81. The predicted octanol–water partition coefficient (Wildman–Crippen LogP) is 2.95. The molecule has 0 aliphatic rings. The maximum absolute atomic E-state index is 12.1. The second-order valence-electron chi connectivity index (χ2n) is 6.34. The van der Waals surface area contributed by atoms with Crippen molar-refractivity contribution in [3.63, 3.8) is 0 Å². The standard InChI is InChI=1S/C19H20N6OS2/c1-13-16(25-10-11-27-18(25)21-13)17-22-23-19(24(17)2)28-12-15(26)20-9-8-14-6-4-3-5-7-14/h3-7,10-11H,8-9,12H2,1-2H3,(H,20,26). The molecule has 144 valence electrons. The first kappa shape index (κ1) is 18.7. The summed E-state index contributed by atoms with van der Waals surface area (Å²) < 4.78 is 3.94. The Bertz CT molecular complexity index is 1100. The van der Waals surface area contributed by atoms with Gasteiger partial charge in [-0.3, -0.25) is 9.20 Å². The van der Waals surface area contributed by atoms with Crippen molar-refractivity contribution >= 4 is 34.0 Å². The molecule has 1 N–H and O–H groups in total. The zero-order chi connectivity index (χ0) is 19.5. The number of fused-ring (bicyclic) bond motifs is 1. The van der Waals surface area contributed by atoms with E-state index in [1.165, 1.54) is 17.3 Å². The quantitative estimate of drug-likeness (QED) is 0.472. The number of benzene rings is 1. The lowest BCUT2D eigenvalue weighted by Gasteiger charge is -2.06. The van der Waals surface area contributed by atoms with Crippen LogP contribution in [-0.4, -0.2) is 42.4 Å². The Labute approximate surface area is 170 Å². The minimum Gasteiger partial charge on any atom is -0.355 e. The van der Waals surface area contributed by atoms with E-state index in [1.54, 1.807) is 11.3 Å². The average Bonchev–Trinajstić information content (AvgIpc) is 3.36. The smallest absolute Gasteiger partial charge is 0.230 e. The predicted molar refractivity (Wildman–Crippen MR) is 112 cm³/mol. The van der Waals surface area contributed by atoms with Crippen LogP contribution in [-0.2, 0) is 18.3 Å². The Morgan fingerprint density at radius 3 is 2.89 bits per heavy atom. The summed E-state index contributed by atoms with van der Waals surface area (Å²) in [6, 6.07) is 10.1. The first-order chi connectivity index (χ1) is 13.6. The van der Waals surface area contributed by atoms with Gasteiger partial charge in [0.25, 0.3) is 0 Å². The second kappa shape index (κ2) is 8.15. The van der Waals surface area contributed by atoms with Gasteiger partial charge >= 0.3 is 0 Å². The summed E-state index contributed by atoms with van der Waals surface area (Å²) in [5, 5.41) is 14.3. The second-order valence-corrected chi connectivity index (χ2v) is 8.16. The molecule has 7 nitrogen and oxygen atoms in total. The van der Waals surface area contributed by atoms with Gasteiger partial charge in [0.2, 0.25) is 5.91 Å². The Kier molecular flexibility index (Phi) is 5.45. The molecule has 28 heavy (non-hydrogen) atoms. The summed E-state index contributed by atoms with van der Waals surface area (Å²) in [7, 11) is 1.91. The van der Waals surface area contributed by atoms with Gasteiger partial charge in [0.15, 0.2) is 15.9 Å². The molecule has 0 radical (unpaired) electrons. The van der Waals surface area contributed by atoms with Crippen LogP contribution in [0.4, 0.5) is 0 Å². The van der Waals surface area contributed by atoms with Gasteiger partial charge in [-0.2, -0.15) is 0 Å². The van der Waals surface area contributed by atoms with Gasteiger partial charge in [0.05, 0.1) is 11.4 Å². The van der Waals surface area contributed by atoms with Crippen LogP contribution >= 0.6 is 23.1 Å². The van der Waals surface area contributed by atoms with E-state index >= 15 is 0 Å². The normalized spacial score (nSPS) is 11.2. The first-order valence-electron chi connectivity index (χ1n) is 8.89.